The van der Waals surface area contributed by atoms with Crippen molar-refractivity contribution in [3.8, 4) is 0 Å². The molecule has 1 atom stereocenters. The van der Waals surface area contributed by atoms with Gasteiger partial charge in [-0.3, -0.25) is 4.79 Å². The van der Waals surface area contributed by atoms with Crippen molar-refractivity contribution >= 4 is 40.9 Å². The molecule has 2 heterocycles. The van der Waals surface area contributed by atoms with Crippen LogP contribution in [-0.2, 0) is 9.53 Å². The zero-order valence-electron chi connectivity index (χ0n) is 15.7. The van der Waals surface area contributed by atoms with Gasteiger partial charge in [0, 0.05) is 10.6 Å². The molecule has 0 unspecified atom stereocenters. The molecule has 1 N–H and O–H groups in total. The van der Waals surface area contributed by atoms with Crippen LogP contribution in [0.1, 0.15) is 28.9 Å². The van der Waals surface area contributed by atoms with Crippen molar-refractivity contribution in [3.63, 3.8) is 0 Å². The average Bonchev–Trinajstić information content (AvgIpc) is 3.21. The van der Waals surface area contributed by atoms with E-state index in [4.69, 9.17) is 27.9 Å². The second kappa shape index (κ2) is 8.25. The van der Waals surface area contributed by atoms with Crippen molar-refractivity contribution in [2.75, 3.05) is 11.9 Å². The third-order valence-corrected chi connectivity index (χ3v) is 5.08. The van der Waals surface area contributed by atoms with E-state index in [9.17, 15) is 9.59 Å². The summed E-state index contributed by atoms with van der Waals surface area (Å²) in [6, 6.07) is 12.9. The molecule has 1 aromatic heterocycles. The van der Waals surface area contributed by atoms with Crippen molar-refractivity contribution in [3.05, 3.63) is 81.0 Å². The first-order valence-corrected chi connectivity index (χ1v) is 9.77. The van der Waals surface area contributed by atoms with Gasteiger partial charge in [-0.25, -0.2) is 4.79 Å². The van der Waals surface area contributed by atoms with Gasteiger partial charge in [0.1, 0.15) is 11.7 Å². The number of aromatic nitrogens is 4. The Morgan fingerprint density at radius 3 is 2.63 bits per heavy atom. The lowest BCUT2D eigenvalue weighted by Crippen LogP contribution is -2.33. The van der Waals surface area contributed by atoms with E-state index in [2.05, 4.69) is 20.8 Å². The molecule has 152 valence electrons. The number of benzene rings is 2. The van der Waals surface area contributed by atoms with E-state index >= 15 is 0 Å². The molecule has 0 saturated heterocycles. The van der Waals surface area contributed by atoms with Crippen LogP contribution in [0.5, 0.6) is 0 Å². The Hall–Kier alpha value is -3.23. The maximum Gasteiger partial charge on any atom is 0.355 e. The fourth-order valence-corrected chi connectivity index (χ4v) is 3.75. The Labute approximate surface area is 181 Å². The highest BCUT2D eigenvalue weighted by Gasteiger charge is 2.39. The Bertz CT molecular complexity index is 1160. The van der Waals surface area contributed by atoms with Crippen LogP contribution in [0.25, 0.3) is 0 Å². The molecule has 1 aliphatic heterocycles. The number of hydrogen-bond donors (Lipinski definition) is 1. The van der Waals surface area contributed by atoms with Gasteiger partial charge in [-0.1, -0.05) is 58.6 Å². The number of ketones is 1. The molecule has 0 spiro atoms. The number of rotatable bonds is 5. The summed E-state index contributed by atoms with van der Waals surface area (Å²) in [7, 11) is 0. The van der Waals surface area contributed by atoms with Crippen LogP contribution < -0.4 is 5.32 Å². The number of anilines is 1. The van der Waals surface area contributed by atoms with E-state index < -0.39 is 17.8 Å². The van der Waals surface area contributed by atoms with Crippen molar-refractivity contribution in [2.45, 2.75) is 13.0 Å². The Kier molecular flexibility index (Phi) is 5.52. The highest BCUT2D eigenvalue weighted by Crippen LogP contribution is 2.37. The summed E-state index contributed by atoms with van der Waals surface area (Å²) < 4.78 is 6.62. The molecule has 1 aliphatic rings. The van der Waals surface area contributed by atoms with Gasteiger partial charge in [0.25, 0.3) is 0 Å². The third kappa shape index (κ3) is 3.55. The van der Waals surface area contributed by atoms with Crippen LogP contribution in [0.4, 0.5) is 5.95 Å². The minimum Gasteiger partial charge on any atom is -0.461 e. The molecule has 10 heteroatoms. The van der Waals surface area contributed by atoms with E-state index in [1.807, 2.05) is 30.3 Å². The van der Waals surface area contributed by atoms with Gasteiger partial charge in [-0.15, -0.1) is 0 Å². The van der Waals surface area contributed by atoms with Crippen LogP contribution in [-0.4, -0.2) is 38.6 Å². The molecule has 2 aromatic carbocycles. The number of Topliss-reactive ketones (excluding diaryl/α,β-unsaturated/α-hetero) is 1. The highest BCUT2D eigenvalue weighted by molar-refractivity contribution is 6.37. The number of hydrogen-bond acceptors (Lipinski definition) is 7. The molecule has 0 fully saturated rings. The first kappa shape index (κ1) is 20.1. The number of fused-ring (bicyclic) bond motifs is 1. The van der Waals surface area contributed by atoms with Crippen LogP contribution >= 0.6 is 23.2 Å². The highest BCUT2D eigenvalue weighted by atomic mass is 35.5. The molecule has 3 aromatic rings. The van der Waals surface area contributed by atoms with Gasteiger partial charge in [-0.2, -0.15) is 4.68 Å². The number of nitrogens with one attached hydrogen (secondary N) is 1. The average molecular weight is 444 g/mol. The molecule has 8 nitrogen and oxygen atoms in total. The van der Waals surface area contributed by atoms with Crippen LogP contribution in [0, 0.1) is 0 Å². The summed E-state index contributed by atoms with van der Waals surface area (Å²) in [5.74, 6) is -0.950. The largest absolute Gasteiger partial charge is 0.461 e. The molecule has 0 saturated carbocycles. The maximum absolute atomic E-state index is 13.7. The number of carbonyl (C=O) groups is 2. The van der Waals surface area contributed by atoms with E-state index in [-0.39, 0.29) is 34.4 Å². The lowest BCUT2D eigenvalue weighted by molar-refractivity contribution is -0.138. The van der Waals surface area contributed by atoms with Crippen LogP contribution in [0.15, 0.2) is 59.8 Å². The molecule has 0 amide bonds. The van der Waals surface area contributed by atoms with Crippen molar-refractivity contribution in [1.29, 1.82) is 0 Å². The van der Waals surface area contributed by atoms with Gasteiger partial charge in [0.2, 0.25) is 5.95 Å². The molecule has 0 bridgehead atoms. The number of halogens is 2. The third-order valence-electron chi connectivity index (χ3n) is 4.53. The number of allylic oxidation sites excluding steroid dienone is 1. The second-order valence-corrected chi connectivity index (χ2v) is 7.19. The predicted molar refractivity (Wildman–Crippen MR) is 110 cm³/mol. The predicted octanol–water partition coefficient (Wildman–Crippen LogP) is 3.69. The summed E-state index contributed by atoms with van der Waals surface area (Å²) in [6.07, 6.45) is 0. The molecule has 0 aliphatic carbocycles. The van der Waals surface area contributed by atoms with Gasteiger partial charge in [0.15, 0.2) is 5.78 Å². The number of ether oxygens (including phenoxy) is 1. The monoisotopic (exact) mass is 443 g/mol. The quantitative estimate of drug-likeness (QED) is 0.473. The topological polar surface area (TPSA) is 99.0 Å². The summed E-state index contributed by atoms with van der Waals surface area (Å²) in [4.78, 5) is 26.4. The molecular weight excluding hydrogens is 429 g/mol. The summed E-state index contributed by atoms with van der Waals surface area (Å²) >= 11 is 12.3. The first-order valence-electron chi connectivity index (χ1n) is 9.02. The van der Waals surface area contributed by atoms with Crippen molar-refractivity contribution in [1.82, 2.24) is 20.2 Å². The minimum atomic E-state index is -0.767. The molecule has 4 rings (SSSR count). The van der Waals surface area contributed by atoms with E-state index in [0.717, 1.165) is 0 Å². The zero-order chi connectivity index (χ0) is 21.3. The molecule has 30 heavy (non-hydrogen) atoms. The fraction of sp³-hybridized carbons (Fsp3) is 0.150. The van der Waals surface area contributed by atoms with Gasteiger partial charge >= 0.3 is 5.97 Å². The SMILES string of the molecule is CCOC(=O)C1=C(C(=O)c2ccc(Cl)cc2Cl)[C@H](c2ccccc2)n2nnnc2N1. The van der Waals surface area contributed by atoms with Crippen molar-refractivity contribution < 1.29 is 14.3 Å². The summed E-state index contributed by atoms with van der Waals surface area (Å²) in [5.41, 5.74) is 0.979. The second-order valence-electron chi connectivity index (χ2n) is 6.35. The number of esters is 1. The standard InChI is InChI=1S/C20H15Cl2N5O3/c1-2-30-19(29)16-15(18(28)13-9-8-12(21)10-14(13)22)17(11-6-4-3-5-7-11)27-20(23-16)24-25-26-27/h3-10,17H,2H2,1H3,(H,23,24,26)/t17-/m0/s1. The summed E-state index contributed by atoms with van der Waals surface area (Å²) in [6.45, 7) is 1.81. The normalized spacial score (nSPS) is 15.4. The number of tetrazole rings is 1. The lowest BCUT2D eigenvalue weighted by Gasteiger charge is -2.28. The fourth-order valence-electron chi connectivity index (χ4n) is 3.25. The van der Waals surface area contributed by atoms with E-state index in [1.165, 1.54) is 16.8 Å². The number of nitrogens with zero attached hydrogens (tertiary/aromatic N) is 4. The molecule has 0 radical (unpaired) electrons. The van der Waals surface area contributed by atoms with E-state index in [0.29, 0.717) is 10.6 Å². The molecular formula is C20H15Cl2N5O3. The smallest absolute Gasteiger partial charge is 0.355 e. The van der Waals surface area contributed by atoms with Gasteiger partial charge in [-0.05, 0) is 41.1 Å². The minimum absolute atomic E-state index is 0.0379. The first-order chi connectivity index (χ1) is 14.5. The Morgan fingerprint density at radius 1 is 1.17 bits per heavy atom. The van der Waals surface area contributed by atoms with Gasteiger partial charge in [0.05, 0.1) is 17.2 Å². The maximum atomic E-state index is 13.7. The van der Waals surface area contributed by atoms with Crippen LogP contribution in [0.2, 0.25) is 10.0 Å². The Morgan fingerprint density at radius 2 is 1.93 bits per heavy atom. The Balaban J connectivity index is 1.95. The summed E-state index contributed by atoms with van der Waals surface area (Å²) in [5, 5.41) is 15.0. The van der Waals surface area contributed by atoms with Crippen molar-refractivity contribution in [2.24, 2.45) is 0 Å². The zero-order valence-corrected chi connectivity index (χ0v) is 17.2. The lowest BCUT2D eigenvalue weighted by atomic mass is 9.89. The van der Waals surface area contributed by atoms with Gasteiger partial charge < -0.3 is 10.1 Å². The van der Waals surface area contributed by atoms with E-state index in [1.54, 1.807) is 13.0 Å². The van der Waals surface area contributed by atoms with Crippen LogP contribution in [0.3, 0.4) is 0 Å². The number of carbonyl (C=O) groups excluding carboxylic acids is 2.